The third-order valence-corrected chi connectivity index (χ3v) is 11.3. The average molecular weight is 502 g/mol. The van der Waals surface area contributed by atoms with Gasteiger partial charge in [0.25, 0.3) is 0 Å². The summed E-state index contributed by atoms with van der Waals surface area (Å²) in [5.41, 5.74) is 2.67. The van der Waals surface area contributed by atoms with Gasteiger partial charge in [-0.2, -0.15) is 0 Å². The van der Waals surface area contributed by atoms with E-state index in [0.29, 0.717) is 0 Å². The van der Waals surface area contributed by atoms with Crippen molar-refractivity contribution in [2.45, 2.75) is 25.4 Å². The summed E-state index contributed by atoms with van der Waals surface area (Å²) < 4.78 is 6.45. The maximum atomic E-state index is 6.45. The summed E-state index contributed by atoms with van der Waals surface area (Å²) in [5.74, 6) is 1.01. The molecule has 0 unspecified atom stereocenters. The maximum Gasteiger partial charge on any atom is 0.126 e. The third-order valence-electron chi connectivity index (χ3n) is 6.93. The number of ether oxygens (including phenoxy) is 1. The van der Waals surface area contributed by atoms with Crippen LogP contribution in [0.3, 0.4) is 0 Å². The van der Waals surface area contributed by atoms with Crippen LogP contribution in [0.2, 0.25) is 0 Å². The first-order chi connectivity index (χ1) is 18.4. The molecule has 0 aromatic heterocycles. The van der Waals surface area contributed by atoms with E-state index in [1.165, 1.54) is 27.0 Å². The molecule has 5 aromatic carbocycles. The quantitative estimate of drug-likeness (QED) is 0.134. The zero-order chi connectivity index (χ0) is 25.2. The highest BCUT2D eigenvalue weighted by molar-refractivity contribution is 7.95. The van der Waals surface area contributed by atoms with Gasteiger partial charge in [-0.1, -0.05) is 103 Å². The van der Waals surface area contributed by atoms with Crippen LogP contribution in [-0.2, 0) is 12.6 Å². The van der Waals surface area contributed by atoms with Crippen LogP contribution in [0.1, 0.15) is 24.0 Å². The van der Waals surface area contributed by atoms with Crippen LogP contribution in [0.4, 0.5) is 0 Å². The molecule has 37 heavy (non-hydrogen) atoms. The van der Waals surface area contributed by atoms with Crippen molar-refractivity contribution < 1.29 is 4.74 Å². The molecule has 1 nitrogen and oxygen atoms in total. The second-order valence-corrected chi connectivity index (χ2v) is 12.9. The van der Waals surface area contributed by atoms with Crippen molar-refractivity contribution in [2.75, 3.05) is 6.61 Å². The van der Waals surface area contributed by atoms with Crippen molar-refractivity contribution in [1.82, 2.24) is 0 Å². The topological polar surface area (TPSA) is 9.23 Å². The SMILES string of the molecule is c1ccc(CCCCOc2ccccc2C[P+](c2ccccc2)(c2ccccc2)c2ccccc2)cc1. The molecule has 0 spiro atoms. The van der Waals surface area contributed by atoms with Crippen LogP contribution in [0.15, 0.2) is 146 Å². The summed E-state index contributed by atoms with van der Waals surface area (Å²) in [7, 11) is -1.97. The highest BCUT2D eigenvalue weighted by Crippen LogP contribution is 2.58. The van der Waals surface area contributed by atoms with Crippen molar-refractivity contribution in [3.63, 3.8) is 0 Å². The summed E-state index contributed by atoms with van der Waals surface area (Å²) in [6.07, 6.45) is 4.18. The molecule has 0 aliphatic carbocycles. The molecule has 5 aromatic rings. The van der Waals surface area contributed by atoms with E-state index in [2.05, 4.69) is 146 Å². The van der Waals surface area contributed by atoms with Crippen LogP contribution in [0.5, 0.6) is 5.75 Å². The summed E-state index contributed by atoms with van der Waals surface area (Å²) >= 11 is 0. The molecule has 0 saturated heterocycles. The van der Waals surface area contributed by atoms with Crippen LogP contribution in [-0.4, -0.2) is 6.61 Å². The van der Waals surface area contributed by atoms with E-state index in [1.807, 2.05) is 0 Å². The van der Waals surface area contributed by atoms with Gasteiger partial charge in [-0.3, -0.25) is 0 Å². The zero-order valence-corrected chi connectivity index (χ0v) is 22.1. The minimum atomic E-state index is -1.97. The molecule has 0 heterocycles. The fourth-order valence-electron chi connectivity index (χ4n) is 5.06. The first-order valence-electron chi connectivity index (χ1n) is 13.2. The van der Waals surface area contributed by atoms with E-state index < -0.39 is 7.26 Å². The molecule has 5 rings (SSSR count). The molecule has 0 amide bonds. The molecule has 0 saturated carbocycles. The molecule has 0 N–H and O–H groups in total. The second-order valence-electron chi connectivity index (χ2n) is 9.37. The van der Waals surface area contributed by atoms with E-state index in [1.54, 1.807) is 0 Å². The molecule has 0 bridgehead atoms. The first kappa shape index (κ1) is 25.0. The Hall–Kier alpha value is -3.67. The predicted molar refractivity (Wildman–Crippen MR) is 160 cm³/mol. The lowest BCUT2D eigenvalue weighted by Gasteiger charge is -2.28. The van der Waals surface area contributed by atoms with Gasteiger partial charge in [0.05, 0.1) is 6.61 Å². The Labute approximate surface area is 222 Å². The van der Waals surface area contributed by atoms with E-state index in [9.17, 15) is 0 Å². The van der Waals surface area contributed by atoms with Gasteiger partial charge in [0, 0.05) is 5.56 Å². The average Bonchev–Trinajstić information content (AvgIpc) is 2.98. The Balaban J connectivity index is 1.44. The van der Waals surface area contributed by atoms with E-state index in [-0.39, 0.29) is 0 Å². The summed E-state index contributed by atoms with van der Waals surface area (Å²) in [4.78, 5) is 0. The third kappa shape index (κ3) is 6.01. The molecule has 0 aliphatic rings. The Kier molecular flexibility index (Phi) is 8.46. The predicted octanol–water partition coefficient (Wildman–Crippen LogP) is 7.58. The Morgan fingerprint density at radius 2 is 0.919 bits per heavy atom. The molecule has 0 aliphatic heterocycles. The lowest BCUT2D eigenvalue weighted by Crippen LogP contribution is -2.32. The number of benzene rings is 5. The number of hydrogen-bond donors (Lipinski definition) is 0. The highest BCUT2D eigenvalue weighted by Gasteiger charge is 2.45. The van der Waals surface area contributed by atoms with E-state index in [0.717, 1.165) is 37.8 Å². The molecular formula is C35H34OP+. The molecule has 0 atom stereocenters. The summed E-state index contributed by atoms with van der Waals surface area (Å²) in [6.45, 7) is 0.733. The number of para-hydroxylation sites is 1. The lowest BCUT2D eigenvalue weighted by atomic mass is 10.1. The second kappa shape index (κ2) is 12.5. The fourth-order valence-corrected chi connectivity index (χ4v) is 9.31. The van der Waals surface area contributed by atoms with Gasteiger partial charge in [-0.25, -0.2) is 0 Å². The van der Waals surface area contributed by atoms with Crippen molar-refractivity contribution in [3.8, 4) is 5.75 Å². The minimum absolute atomic E-state index is 0.733. The molecule has 184 valence electrons. The molecule has 0 fully saturated rings. The molecule has 0 radical (unpaired) electrons. The summed E-state index contributed by atoms with van der Waals surface area (Å²) in [5, 5.41) is 4.18. The van der Waals surface area contributed by atoms with Gasteiger partial charge in [0.15, 0.2) is 0 Å². The zero-order valence-electron chi connectivity index (χ0n) is 21.2. The smallest absolute Gasteiger partial charge is 0.126 e. The van der Waals surface area contributed by atoms with Gasteiger partial charge >= 0.3 is 0 Å². The van der Waals surface area contributed by atoms with Crippen LogP contribution < -0.4 is 20.7 Å². The monoisotopic (exact) mass is 501 g/mol. The standard InChI is InChI=1S/C35H34OP/c1-5-17-30(18-6-1)19-15-16-28-36-35-27-14-13-20-31(35)29-37(32-21-7-2-8-22-32,33-23-9-3-10-24-33)34-25-11-4-12-26-34/h1-14,17-18,20-27H,15-16,19,28-29H2/q+1. The van der Waals surface area contributed by atoms with Gasteiger partial charge in [-0.05, 0) is 67.3 Å². The molecule has 2 heteroatoms. The van der Waals surface area contributed by atoms with E-state index in [4.69, 9.17) is 4.74 Å². The maximum absolute atomic E-state index is 6.45. The molecular weight excluding hydrogens is 467 g/mol. The number of aryl methyl sites for hydroxylation is 1. The summed E-state index contributed by atoms with van der Waals surface area (Å²) in [6, 6.07) is 52.6. The normalized spacial score (nSPS) is 11.2. The highest BCUT2D eigenvalue weighted by atomic mass is 31.2. The van der Waals surface area contributed by atoms with Crippen molar-refractivity contribution in [1.29, 1.82) is 0 Å². The van der Waals surface area contributed by atoms with Crippen molar-refractivity contribution >= 4 is 23.2 Å². The van der Waals surface area contributed by atoms with Gasteiger partial charge in [0.2, 0.25) is 0 Å². The lowest BCUT2D eigenvalue weighted by molar-refractivity contribution is 0.305. The Morgan fingerprint density at radius 3 is 1.46 bits per heavy atom. The largest absolute Gasteiger partial charge is 0.493 e. The number of hydrogen-bond acceptors (Lipinski definition) is 1. The van der Waals surface area contributed by atoms with E-state index >= 15 is 0 Å². The van der Waals surface area contributed by atoms with Crippen molar-refractivity contribution in [3.05, 3.63) is 157 Å². The first-order valence-corrected chi connectivity index (χ1v) is 15.1. The fraction of sp³-hybridized carbons (Fsp3) is 0.143. The Bertz CT molecular complexity index is 1260. The Morgan fingerprint density at radius 1 is 0.459 bits per heavy atom. The van der Waals surface area contributed by atoms with Crippen LogP contribution in [0, 0.1) is 0 Å². The number of rotatable bonds is 11. The van der Waals surface area contributed by atoms with Crippen molar-refractivity contribution in [2.24, 2.45) is 0 Å². The van der Waals surface area contributed by atoms with Gasteiger partial charge < -0.3 is 4.74 Å². The van der Waals surface area contributed by atoms with Crippen LogP contribution >= 0.6 is 7.26 Å². The van der Waals surface area contributed by atoms with Crippen LogP contribution in [0.25, 0.3) is 0 Å². The minimum Gasteiger partial charge on any atom is -0.493 e. The van der Waals surface area contributed by atoms with Gasteiger partial charge in [-0.15, -0.1) is 0 Å². The number of unbranched alkanes of at least 4 members (excludes halogenated alkanes) is 1. The van der Waals surface area contributed by atoms with Gasteiger partial charge in [0.1, 0.15) is 35.1 Å².